The fourth-order valence-corrected chi connectivity index (χ4v) is 3.90. The molecule has 0 aliphatic carbocycles. The standard InChI is InChI=1S/C25H37N3O5/c1-16(26-27(8)23(32)33-25(5,6)7)13-21(29)18-9-10-19-17(14-18)11-12-28(22(30)31)15-20(19)24(2,3)4/h9-10,14,20H,11-13,15H2,1-8H3,(H,30,31)/p-1. The Hall–Kier alpha value is -2.90. The second-order valence-corrected chi connectivity index (χ2v) is 10.7. The van der Waals surface area contributed by atoms with E-state index < -0.39 is 17.8 Å². The molecule has 1 heterocycles. The van der Waals surface area contributed by atoms with Crippen LogP contribution in [0.5, 0.6) is 0 Å². The van der Waals surface area contributed by atoms with E-state index >= 15 is 0 Å². The van der Waals surface area contributed by atoms with Gasteiger partial charge in [-0.25, -0.2) is 9.80 Å². The number of hydrazone groups is 1. The SMILES string of the molecule is CC(CC(=O)c1ccc2c(c1)CCN(C(=O)[O-])CC2C(C)(C)C)=NN(C)C(=O)OC(C)(C)C. The molecule has 0 spiro atoms. The third kappa shape index (κ3) is 7.30. The van der Waals surface area contributed by atoms with Crippen molar-refractivity contribution in [2.45, 2.75) is 72.8 Å². The molecular weight excluding hydrogens is 422 g/mol. The Morgan fingerprint density at radius 1 is 1.18 bits per heavy atom. The summed E-state index contributed by atoms with van der Waals surface area (Å²) in [6, 6.07) is 5.59. The highest BCUT2D eigenvalue weighted by Crippen LogP contribution is 2.39. The van der Waals surface area contributed by atoms with Gasteiger partial charge in [-0.15, -0.1) is 0 Å². The third-order valence-corrected chi connectivity index (χ3v) is 5.59. The number of ketones is 1. The highest BCUT2D eigenvalue weighted by Gasteiger charge is 2.32. The molecule has 0 radical (unpaired) electrons. The smallest absolute Gasteiger partial charge is 0.430 e. The molecule has 1 atom stereocenters. The van der Waals surface area contributed by atoms with Crippen molar-refractivity contribution in [3.8, 4) is 0 Å². The Kier molecular flexibility index (Phi) is 7.93. The van der Waals surface area contributed by atoms with E-state index in [-0.39, 0.29) is 23.5 Å². The number of amides is 2. The zero-order chi connectivity index (χ0) is 25.1. The average molecular weight is 459 g/mol. The second-order valence-electron chi connectivity index (χ2n) is 10.7. The first-order chi connectivity index (χ1) is 15.1. The number of hydrogen-bond acceptors (Lipinski definition) is 6. The third-order valence-electron chi connectivity index (χ3n) is 5.59. The molecule has 33 heavy (non-hydrogen) atoms. The van der Waals surface area contributed by atoms with E-state index in [1.165, 1.54) is 11.9 Å². The number of nitrogens with zero attached hydrogens (tertiary/aromatic N) is 3. The molecule has 0 N–H and O–H groups in total. The second kappa shape index (κ2) is 9.93. The number of Topliss-reactive ketones (excluding diaryl/α,β-unsaturated/α-hetero) is 1. The number of carbonyl (C=O) groups is 3. The summed E-state index contributed by atoms with van der Waals surface area (Å²) >= 11 is 0. The molecule has 1 aromatic rings. The number of ether oxygens (including phenoxy) is 1. The van der Waals surface area contributed by atoms with Crippen molar-refractivity contribution in [3.05, 3.63) is 34.9 Å². The van der Waals surface area contributed by atoms with E-state index in [2.05, 4.69) is 25.9 Å². The lowest BCUT2D eigenvalue weighted by atomic mass is 9.74. The van der Waals surface area contributed by atoms with Crippen LogP contribution in [0.1, 0.15) is 82.3 Å². The number of carboxylic acid groups (broad SMARTS) is 1. The van der Waals surface area contributed by atoms with Crippen LogP contribution in [0, 0.1) is 5.41 Å². The zero-order valence-electron chi connectivity index (χ0n) is 21.0. The van der Waals surface area contributed by atoms with E-state index in [1.807, 2.05) is 12.1 Å². The Balaban J connectivity index is 2.22. The molecule has 182 valence electrons. The topological polar surface area (TPSA) is 102 Å². The van der Waals surface area contributed by atoms with Gasteiger partial charge in [0, 0.05) is 37.3 Å². The normalized spacial score (nSPS) is 17.2. The molecule has 1 aliphatic rings. The van der Waals surface area contributed by atoms with Crippen molar-refractivity contribution in [3.63, 3.8) is 0 Å². The van der Waals surface area contributed by atoms with Crippen LogP contribution >= 0.6 is 0 Å². The summed E-state index contributed by atoms with van der Waals surface area (Å²) in [6.45, 7) is 14.0. The highest BCUT2D eigenvalue weighted by atomic mass is 16.6. The molecule has 8 heteroatoms. The fourth-order valence-electron chi connectivity index (χ4n) is 3.90. The number of benzene rings is 1. The largest absolute Gasteiger partial charge is 0.530 e. The van der Waals surface area contributed by atoms with Crippen LogP contribution in [-0.4, -0.2) is 59.3 Å². The number of hydrogen-bond donors (Lipinski definition) is 0. The van der Waals surface area contributed by atoms with Crippen LogP contribution in [0.3, 0.4) is 0 Å². The maximum Gasteiger partial charge on any atom is 0.430 e. The molecule has 1 unspecified atom stereocenters. The zero-order valence-corrected chi connectivity index (χ0v) is 21.0. The minimum atomic E-state index is -1.17. The Morgan fingerprint density at radius 3 is 2.36 bits per heavy atom. The monoisotopic (exact) mass is 458 g/mol. The van der Waals surface area contributed by atoms with Crippen molar-refractivity contribution < 1.29 is 24.2 Å². The maximum absolute atomic E-state index is 12.9. The summed E-state index contributed by atoms with van der Waals surface area (Å²) < 4.78 is 5.27. The van der Waals surface area contributed by atoms with Crippen molar-refractivity contribution in [1.29, 1.82) is 0 Å². The lowest BCUT2D eigenvalue weighted by Gasteiger charge is -2.35. The summed E-state index contributed by atoms with van der Waals surface area (Å²) in [5.74, 6) is -0.132. The molecule has 0 bridgehead atoms. The molecule has 1 aromatic carbocycles. The highest BCUT2D eigenvalue weighted by molar-refractivity contribution is 6.09. The van der Waals surface area contributed by atoms with Crippen molar-refractivity contribution in [1.82, 2.24) is 9.91 Å². The first-order valence-corrected chi connectivity index (χ1v) is 11.2. The van der Waals surface area contributed by atoms with E-state index in [0.717, 1.165) is 16.1 Å². The Labute approximate surface area is 196 Å². The van der Waals surface area contributed by atoms with Gasteiger partial charge in [-0.2, -0.15) is 5.10 Å². The van der Waals surface area contributed by atoms with Crippen LogP contribution in [0.15, 0.2) is 23.3 Å². The van der Waals surface area contributed by atoms with Gasteiger partial charge in [-0.05, 0) is 56.7 Å². The van der Waals surface area contributed by atoms with Crippen LogP contribution < -0.4 is 5.11 Å². The lowest BCUT2D eigenvalue weighted by molar-refractivity contribution is -0.265. The quantitative estimate of drug-likeness (QED) is 0.388. The van der Waals surface area contributed by atoms with E-state index in [4.69, 9.17) is 4.74 Å². The molecule has 1 aliphatic heterocycles. The maximum atomic E-state index is 12.9. The van der Waals surface area contributed by atoms with Gasteiger partial charge in [-0.3, -0.25) is 4.79 Å². The summed E-state index contributed by atoms with van der Waals surface area (Å²) in [6.07, 6.45) is -1.19. The van der Waals surface area contributed by atoms with Crippen LogP contribution in [0.2, 0.25) is 0 Å². The summed E-state index contributed by atoms with van der Waals surface area (Å²) in [4.78, 5) is 37.9. The van der Waals surface area contributed by atoms with Crippen molar-refractivity contribution in [2.24, 2.45) is 10.5 Å². The number of carbonyl (C=O) groups excluding carboxylic acids is 3. The first kappa shape index (κ1) is 26.4. The molecule has 0 aromatic heterocycles. The number of fused-ring (bicyclic) bond motifs is 1. The van der Waals surface area contributed by atoms with E-state index in [0.29, 0.717) is 30.8 Å². The lowest BCUT2D eigenvalue weighted by Crippen LogP contribution is -2.44. The predicted molar refractivity (Wildman–Crippen MR) is 125 cm³/mol. The van der Waals surface area contributed by atoms with Gasteiger partial charge in [0.15, 0.2) is 5.78 Å². The van der Waals surface area contributed by atoms with Gasteiger partial charge in [0.05, 0.1) is 6.42 Å². The molecule has 0 fully saturated rings. The fraction of sp³-hybridized carbons (Fsp3) is 0.600. The number of rotatable bonds is 4. The molecule has 2 rings (SSSR count). The predicted octanol–water partition coefficient (Wildman–Crippen LogP) is 3.83. The van der Waals surface area contributed by atoms with Crippen LogP contribution in [-0.2, 0) is 11.2 Å². The van der Waals surface area contributed by atoms with Gasteiger partial charge >= 0.3 is 6.09 Å². The van der Waals surface area contributed by atoms with Crippen LogP contribution in [0.4, 0.5) is 9.59 Å². The molecule has 0 saturated heterocycles. The minimum absolute atomic E-state index is 0.0113. The summed E-state index contributed by atoms with van der Waals surface area (Å²) in [5.41, 5.74) is 2.27. The minimum Gasteiger partial charge on any atom is -0.530 e. The Morgan fingerprint density at radius 2 is 1.82 bits per heavy atom. The molecule has 0 saturated carbocycles. The van der Waals surface area contributed by atoms with E-state index in [9.17, 15) is 19.5 Å². The summed E-state index contributed by atoms with van der Waals surface area (Å²) in [7, 11) is 1.49. The average Bonchev–Trinajstić information content (AvgIpc) is 2.85. The van der Waals surface area contributed by atoms with E-state index in [1.54, 1.807) is 33.8 Å². The Bertz CT molecular complexity index is 940. The molecular formula is C25H36N3O5-. The van der Waals surface area contributed by atoms with Crippen molar-refractivity contribution >= 4 is 23.7 Å². The molecule has 2 amide bonds. The van der Waals surface area contributed by atoms with Crippen molar-refractivity contribution in [2.75, 3.05) is 20.1 Å². The first-order valence-electron chi connectivity index (χ1n) is 11.2. The summed E-state index contributed by atoms with van der Waals surface area (Å²) in [5, 5.41) is 16.8. The van der Waals surface area contributed by atoms with Gasteiger partial charge < -0.3 is 19.5 Å². The van der Waals surface area contributed by atoms with Crippen LogP contribution in [0.25, 0.3) is 0 Å². The van der Waals surface area contributed by atoms with Gasteiger partial charge in [-0.1, -0.05) is 32.9 Å². The van der Waals surface area contributed by atoms with Gasteiger partial charge in [0.1, 0.15) is 11.7 Å². The van der Waals surface area contributed by atoms with Gasteiger partial charge in [0.25, 0.3) is 0 Å². The molecule has 8 nitrogen and oxygen atoms in total. The van der Waals surface area contributed by atoms with Gasteiger partial charge in [0.2, 0.25) is 0 Å².